The summed E-state index contributed by atoms with van der Waals surface area (Å²) in [6.07, 6.45) is -0.440. The van der Waals surface area contributed by atoms with Gasteiger partial charge in [0.05, 0.1) is 0 Å². The van der Waals surface area contributed by atoms with E-state index < -0.39 is 11.7 Å². The first-order chi connectivity index (χ1) is 8.28. The molecule has 0 saturated carbocycles. The molecule has 3 N–H and O–H groups in total. The molecular weight excluding hydrogens is 228 g/mol. The van der Waals surface area contributed by atoms with Crippen molar-refractivity contribution in [2.45, 2.75) is 39.3 Å². The van der Waals surface area contributed by atoms with Crippen LogP contribution in [0.4, 0.5) is 4.79 Å². The molecule has 1 unspecified atom stereocenters. The minimum atomic E-state index is -0.488. The van der Waals surface area contributed by atoms with Crippen LogP contribution >= 0.6 is 0 Å². The van der Waals surface area contributed by atoms with Crippen LogP contribution in [0.5, 0.6) is 0 Å². The molecule has 4 heteroatoms. The molecule has 0 aliphatic heterocycles. The highest BCUT2D eigenvalue weighted by atomic mass is 16.6. The Morgan fingerprint density at radius 3 is 2.39 bits per heavy atom. The summed E-state index contributed by atoms with van der Waals surface area (Å²) in [6, 6.07) is 7.72. The molecule has 0 aliphatic rings. The van der Waals surface area contributed by atoms with E-state index in [1.807, 2.05) is 52.0 Å². The fourth-order valence-corrected chi connectivity index (χ4v) is 1.44. The number of carbonyl (C=O) groups is 1. The van der Waals surface area contributed by atoms with Crippen LogP contribution in [0.25, 0.3) is 0 Å². The number of nitrogens with two attached hydrogens (primary N) is 1. The number of aryl methyl sites for hydroxylation is 1. The predicted octanol–water partition coefficient (Wildman–Crippen LogP) is 2.52. The summed E-state index contributed by atoms with van der Waals surface area (Å²) in [5, 5.41) is 2.67. The zero-order valence-corrected chi connectivity index (χ0v) is 11.5. The maximum Gasteiger partial charge on any atom is 0.407 e. The highest BCUT2D eigenvalue weighted by Gasteiger charge is 2.16. The van der Waals surface area contributed by atoms with Gasteiger partial charge in [-0.05, 0) is 33.3 Å². The number of alkyl carbamates (subject to hydrolysis) is 1. The molecule has 0 fully saturated rings. The molecule has 1 rings (SSSR count). The fraction of sp³-hybridized carbons (Fsp3) is 0.500. The van der Waals surface area contributed by atoms with Crippen LogP contribution in [0.15, 0.2) is 24.3 Å². The van der Waals surface area contributed by atoms with Gasteiger partial charge in [0.25, 0.3) is 0 Å². The third-order valence-electron chi connectivity index (χ3n) is 2.37. The van der Waals surface area contributed by atoms with Crippen LogP contribution in [0, 0.1) is 6.92 Å². The molecule has 4 nitrogen and oxygen atoms in total. The average molecular weight is 250 g/mol. The Labute approximate surface area is 109 Å². The zero-order chi connectivity index (χ0) is 13.8. The summed E-state index contributed by atoms with van der Waals surface area (Å²) < 4.78 is 5.14. The van der Waals surface area contributed by atoms with Crippen LogP contribution in [-0.4, -0.2) is 18.2 Å². The van der Waals surface area contributed by atoms with Crippen molar-refractivity contribution in [3.8, 4) is 0 Å². The van der Waals surface area contributed by atoms with Crippen molar-refractivity contribution >= 4 is 6.09 Å². The summed E-state index contributed by atoms with van der Waals surface area (Å²) in [5.41, 5.74) is 7.68. The molecule has 0 radical (unpaired) electrons. The highest BCUT2D eigenvalue weighted by molar-refractivity contribution is 5.67. The number of hydrogen-bond donors (Lipinski definition) is 2. The fourth-order valence-electron chi connectivity index (χ4n) is 1.44. The summed E-state index contributed by atoms with van der Waals surface area (Å²) in [4.78, 5) is 11.5. The quantitative estimate of drug-likeness (QED) is 0.866. The van der Waals surface area contributed by atoms with Crippen molar-refractivity contribution in [2.24, 2.45) is 5.73 Å². The second-order valence-electron chi connectivity index (χ2n) is 5.40. The van der Waals surface area contributed by atoms with Crippen LogP contribution in [-0.2, 0) is 4.74 Å². The molecule has 0 aromatic heterocycles. The molecule has 0 bridgehead atoms. The van der Waals surface area contributed by atoms with Crippen LogP contribution in [0.2, 0.25) is 0 Å². The second kappa shape index (κ2) is 5.87. The van der Waals surface area contributed by atoms with Gasteiger partial charge >= 0.3 is 6.09 Å². The van der Waals surface area contributed by atoms with Crippen molar-refractivity contribution in [1.29, 1.82) is 0 Å². The van der Waals surface area contributed by atoms with E-state index in [4.69, 9.17) is 10.5 Å². The third kappa shape index (κ3) is 5.19. The van der Waals surface area contributed by atoms with Crippen molar-refractivity contribution in [3.05, 3.63) is 35.4 Å². The first-order valence-corrected chi connectivity index (χ1v) is 6.07. The van der Waals surface area contributed by atoms with Gasteiger partial charge in [0, 0.05) is 12.6 Å². The van der Waals surface area contributed by atoms with Gasteiger partial charge in [-0.3, -0.25) is 0 Å². The maximum absolute atomic E-state index is 11.5. The van der Waals surface area contributed by atoms with E-state index in [1.165, 1.54) is 5.56 Å². The molecule has 18 heavy (non-hydrogen) atoms. The van der Waals surface area contributed by atoms with E-state index in [9.17, 15) is 4.79 Å². The summed E-state index contributed by atoms with van der Waals surface area (Å²) in [6.45, 7) is 7.86. The molecule has 1 aromatic carbocycles. The van der Waals surface area contributed by atoms with Gasteiger partial charge in [-0.1, -0.05) is 29.8 Å². The SMILES string of the molecule is Cc1ccc(C(N)CNC(=O)OC(C)(C)C)cc1. The summed E-state index contributed by atoms with van der Waals surface area (Å²) in [5.74, 6) is 0. The molecule has 0 saturated heterocycles. The van der Waals surface area contributed by atoms with Crippen LogP contribution in [0.3, 0.4) is 0 Å². The summed E-state index contributed by atoms with van der Waals surface area (Å²) in [7, 11) is 0. The van der Waals surface area contributed by atoms with Gasteiger partial charge in [0.2, 0.25) is 0 Å². The van der Waals surface area contributed by atoms with Crippen molar-refractivity contribution in [1.82, 2.24) is 5.32 Å². The molecular formula is C14H22N2O2. The van der Waals surface area contributed by atoms with E-state index in [2.05, 4.69) is 5.32 Å². The molecule has 1 aromatic rings. The molecule has 1 amide bonds. The standard InChI is InChI=1S/C14H22N2O2/c1-10-5-7-11(8-6-10)12(15)9-16-13(17)18-14(2,3)4/h5-8,12H,9,15H2,1-4H3,(H,16,17). The minimum Gasteiger partial charge on any atom is -0.444 e. The smallest absolute Gasteiger partial charge is 0.407 e. The molecule has 0 aliphatic carbocycles. The number of nitrogens with one attached hydrogen (secondary N) is 1. The van der Waals surface area contributed by atoms with Crippen molar-refractivity contribution < 1.29 is 9.53 Å². The Morgan fingerprint density at radius 2 is 1.89 bits per heavy atom. The van der Waals surface area contributed by atoms with Gasteiger partial charge in [-0.25, -0.2) is 4.79 Å². The lowest BCUT2D eigenvalue weighted by Crippen LogP contribution is -2.36. The van der Waals surface area contributed by atoms with Crippen LogP contribution < -0.4 is 11.1 Å². The molecule has 0 spiro atoms. The lowest BCUT2D eigenvalue weighted by molar-refractivity contribution is 0.0524. The van der Waals surface area contributed by atoms with E-state index in [0.717, 1.165) is 5.56 Å². The van der Waals surface area contributed by atoms with Crippen molar-refractivity contribution in [3.63, 3.8) is 0 Å². The number of carbonyl (C=O) groups excluding carboxylic acids is 1. The average Bonchev–Trinajstić information content (AvgIpc) is 2.24. The lowest BCUT2D eigenvalue weighted by atomic mass is 10.1. The third-order valence-corrected chi connectivity index (χ3v) is 2.37. The Hall–Kier alpha value is -1.55. The number of benzene rings is 1. The van der Waals surface area contributed by atoms with Gasteiger partial charge in [0.15, 0.2) is 0 Å². The van der Waals surface area contributed by atoms with Crippen molar-refractivity contribution in [2.75, 3.05) is 6.54 Å². The van der Waals surface area contributed by atoms with E-state index >= 15 is 0 Å². The number of rotatable bonds is 3. The molecule has 100 valence electrons. The van der Waals surface area contributed by atoms with Gasteiger partial charge < -0.3 is 15.8 Å². The van der Waals surface area contributed by atoms with E-state index in [1.54, 1.807) is 0 Å². The number of hydrogen-bond acceptors (Lipinski definition) is 3. The largest absolute Gasteiger partial charge is 0.444 e. The Bertz CT molecular complexity index is 393. The van der Waals surface area contributed by atoms with Gasteiger partial charge in [0.1, 0.15) is 5.60 Å². The lowest BCUT2D eigenvalue weighted by Gasteiger charge is -2.21. The highest BCUT2D eigenvalue weighted by Crippen LogP contribution is 2.11. The Kier molecular flexibility index (Phi) is 4.73. The first-order valence-electron chi connectivity index (χ1n) is 6.07. The minimum absolute atomic E-state index is 0.224. The maximum atomic E-state index is 11.5. The monoisotopic (exact) mass is 250 g/mol. The summed E-state index contributed by atoms with van der Waals surface area (Å²) >= 11 is 0. The first kappa shape index (κ1) is 14.5. The molecule has 1 atom stereocenters. The number of amides is 1. The van der Waals surface area contributed by atoms with E-state index in [0.29, 0.717) is 6.54 Å². The normalized spacial score (nSPS) is 12.9. The zero-order valence-electron chi connectivity index (χ0n) is 11.5. The van der Waals surface area contributed by atoms with Gasteiger partial charge in [-0.15, -0.1) is 0 Å². The Balaban J connectivity index is 2.44. The number of ether oxygens (including phenoxy) is 1. The Morgan fingerprint density at radius 1 is 1.33 bits per heavy atom. The second-order valence-corrected chi connectivity index (χ2v) is 5.40. The topological polar surface area (TPSA) is 64.3 Å². The van der Waals surface area contributed by atoms with Gasteiger partial charge in [-0.2, -0.15) is 0 Å². The molecule has 0 heterocycles. The van der Waals surface area contributed by atoms with Crippen LogP contribution in [0.1, 0.15) is 37.9 Å². The van der Waals surface area contributed by atoms with E-state index in [-0.39, 0.29) is 6.04 Å². The predicted molar refractivity (Wildman–Crippen MR) is 72.3 cm³/mol.